The third-order valence-electron chi connectivity index (χ3n) is 4.74. The Morgan fingerprint density at radius 2 is 1.69 bits per heavy atom. The molecule has 0 aliphatic heterocycles. The maximum atomic E-state index is 3.74. The number of rotatable bonds is 3. The van der Waals surface area contributed by atoms with Crippen molar-refractivity contribution in [2.24, 2.45) is 5.92 Å². The van der Waals surface area contributed by atoms with Crippen LogP contribution < -0.4 is 5.32 Å². The van der Waals surface area contributed by atoms with Crippen LogP contribution in [0, 0.1) is 5.92 Å². The summed E-state index contributed by atoms with van der Waals surface area (Å²) in [4.78, 5) is 0. The van der Waals surface area contributed by atoms with Crippen LogP contribution in [0.5, 0.6) is 0 Å². The van der Waals surface area contributed by atoms with Gasteiger partial charge >= 0.3 is 0 Å². The molecule has 1 N–H and O–H groups in total. The second kappa shape index (κ2) is 4.75. The summed E-state index contributed by atoms with van der Waals surface area (Å²) in [5.74, 6) is 0.661. The van der Waals surface area contributed by atoms with Crippen molar-refractivity contribution in [3.8, 4) is 0 Å². The molecule has 0 radical (unpaired) electrons. The van der Waals surface area contributed by atoms with Crippen molar-refractivity contribution in [1.29, 1.82) is 0 Å². The second-order valence-electron chi connectivity index (χ2n) is 5.54. The van der Waals surface area contributed by atoms with Gasteiger partial charge in [-0.15, -0.1) is 0 Å². The van der Waals surface area contributed by atoms with E-state index in [0.29, 0.717) is 5.92 Å². The van der Waals surface area contributed by atoms with E-state index in [0.717, 1.165) is 12.6 Å². The molecule has 2 rings (SSSR count). The van der Waals surface area contributed by atoms with Crippen molar-refractivity contribution >= 4 is 0 Å². The van der Waals surface area contributed by atoms with E-state index in [2.05, 4.69) is 33.0 Å². The maximum absolute atomic E-state index is 3.74. The van der Waals surface area contributed by atoms with Crippen LogP contribution in [0.15, 0.2) is 22.3 Å². The summed E-state index contributed by atoms with van der Waals surface area (Å²) in [6, 6.07) is 0.786. The third-order valence-corrected chi connectivity index (χ3v) is 4.74. The topological polar surface area (TPSA) is 12.0 Å². The molecule has 16 heavy (non-hydrogen) atoms. The first-order valence-corrected chi connectivity index (χ1v) is 6.72. The van der Waals surface area contributed by atoms with Gasteiger partial charge in [-0.3, -0.25) is 0 Å². The third kappa shape index (κ3) is 2.10. The molecular formula is C15H25N. The zero-order valence-electron chi connectivity index (χ0n) is 11.2. The number of nitrogens with one attached hydrogen (secondary N) is 1. The van der Waals surface area contributed by atoms with Crippen LogP contribution in [0.3, 0.4) is 0 Å². The Labute approximate surface area is 100 Å². The maximum Gasteiger partial charge on any atom is 0.0178 e. The molecule has 90 valence electrons. The molecule has 0 bridgehead atoms. The molecular weight excluding hydrogens is 194 g/mol. The predicted octanol–water partition coefficient (Wildman–Crippen LogP) is 3.82. The van der Waals surface area contributed by atoms with Crippen molar-refractivity contribution in [3.05, 3.63) is 22.3 Å². The first kappa shape index (κ1) is 11.9. The Hall–Kier alpha value is -0.560. The van der Waals surface area contributed by atoms with E-state index in [9.17, 15) is 0 Å². The fourth-order valence-electron chi connectivity index (χ4n) is 3.12. The quantitative estimate of drug-likeness (QED) is 0.761. The first-order valence-electron chi connectivity index (χ1n) is 6.72. The van der Waals surface area contributed by atoms with Gasteiger partial charge in [-0.25, -0.2) is 0 Å². The van der Waals surface area contributed by atoms with Gasteiger partial charge < -0.3 is 5.32 Å². The predicted molar refractivity (Wildman–Crippen MR) is 70.5 cm³/mol. The lowest BCUT2D eigenvalue weighted by atomic mass is 9.98. The van der Waals surface area contributed by atoms with Crippen molar-refractivity contribution < 1.29 is 0 Å². The van der Waals surface area contributed by atoms with Gasteiger partial charge in [0.1, 0.15) is 0 Å². The molecule has 0 aromatic heterocycles. The van der Waals surface area contributed by atoms with Crippen LogP contribution >= 0.6 is 0 Å². The number of hydrogen-bond acceptors (Lipinski definition) is 1. The van der Waals surface area contributed by atoms with E-state index in [1.807, 2.05) is 0 Å². The summed E-state index contributed by atoms with van der Waals surface area (Å²) in [6.07, 6.45) is 5.60. The van der Waals surface area contributed by atoms with Crippen molar-refractivity contribution in [2.45, 2.75) is 59.4 Å². The van der Waals surface area contributed by atoms with Gasteiger partial charge in [-0.2, -0.15) is 0 Å². The highest BCUT2D eigenvalue weighted by Crippen LogP contribution is 2.36. The van der Waals surface area contributed by atoms with Gasteiger partial charge in [-0.05, 0) is 50.3 Å². The zero-order valence-corrected chi connectivity index (χ0v) is 11.2. The summed E-state index contributed by atoms with van der Waals surface area (Å²) in [5, 5.41) is 3.74. The molecule has 0 amide bonds. The van der Waals surface area contributed by atoms with E-state index in [1.54, 1.807) is 11.1 Å². The smallest absolute Gasteiger partial charge is 0.0178 e. The Balaban J connectivity index is 1.95. The Kier molecular flexibility index (Phi) is 3.53. The molecule has 1 atom stereocenters. The molecule has 0 spiro atoms. The summed E-state index contributed by atoms with van der Waals surface area (Å²) in [6.45, 7) is 10.3. The van der Waals surface area contributed by atoms with Crippen LogP contribution in [0.1, 0.15) is 53.4 Å². The highest BCUT2D eigenvalue weighted by Gasteiger charge is 2.24. The molecule has 1 unspecified atom stereocenters. The summed E-state index contributed by atoms with van der Waals surface area (Å²) in [5.41, 5.74) is 6.26. The fraction of sp³-hybridized carbons (Fsp3) is 0.733. The minimum atomic E-state index is 0.661. The van der Waals surface area contributed by atoms with E-state index < -0.39 is 0 Å². The van der Waals surface area contributed by atoms with Gasteiger partial charge in [0.2, 0.25) is 0 Å². The van der Waals surface area contributed by atoms with Crippen molar-refractivity contribution in [1.82, 2.24) is 5.32 Å². The monoisotopic (exact) mass is 219 g/mol. The largest absolute Gasteiger partial charge is 0.310 e. The van der Waals surface area contributed by atoms with Gasteiger partial charge in [-0.1, -0.05) is 25.3 Å². The molecule has 0 aromatic rings. The Morgan fingerprint density at radius 1 is 1.06 bits per heavy atom. The van der Waals surface area contributed by atoms with Gasteiger partial charge in [0, 0.05) is 18.5 Å². The first-order chi connectivity index (χ1) is 7.61. The summed E-state index contributed by atoms with van der Waals surface area (Å²) in [7, 11) is 0. The number of hydrogen-bond donors (Lipinski definition) is 1. The van der Waals surface area contributed by atoms with E-state index in [4.69, 9.17) is 0 Å². The van der Waals surface area contributed by atoms with Crippen LogP contribution in [-0.2, 0) is 0 Å². The molecule has 2 aliphatic carbocycles. The van der Waals surface area contributed by atoms with Crippen LogP contribution in [-0.4, -0.2) is 12.6 Å². The van der Waals surface area contributed by atoms with E-state index in [1.165, 1.54) is 36.8 Å². The standard InChI is InChI=1S/C15H25N/c1-10-11(2)13(4)15(12(10)3)9-16-14-7-5-6-8-14/h12,14,16H,5-9H2,1-4H3. The average molecular weight is 219 g/mol. The molecule has 1 fully saturated rings. The second-order valence-corrected chi connectivity index (χ2v) is 5.54. The normalized spacial score (nSPS) is 27.4. The summed E-state index contributed by atoms with van der Waals surface area (Å²) < 4.78 is 0. The molecule has 1 nitrogen and oxygen atoms in total. The van der Waals surface area contributed by atoms with Gasteiger partial charge in [0.15, 0.2) is 0 Å². The van der Waals surface area contributed by atoms with Gasteiger partial charge in [0.05, 0.1) is 0 Å². The molecule has 0 heterocycles. The van der Waals surface area contributed by atoms with Crippen molar-refractivity contribution in [3.63, 3.8) is 0 Å². The van der Waals surface area contributed by atoms with E-state index >= 15 is 0 Å². The minimum absolute atomic E-state index is 0.661. The molecule has 1 heteroatoms. The highest BCUT2D eigenvalue weighted by molar-refractivity contribution is 5.47. The SMILES string of the molecule is CC1=C(C)C(C)C(CNC2CCCC2)=C1C. The van der Waals surface area contributed by atoms with Gasteiger partial charge in [0.25, 0.3) is 0 Å². The molecule has 0 saturated heterocycles. The lowest BCUT2D eigenvalue weighted by Crippen LogP contribution is -2.29. The van der Waals surface area contributed by atoms with Crippen molar-refractivity contribution in [2.75, 3.05) is 6.54 Å². The Bertz CT molecular complexity index is 329. The minimum Gasteiger partial charge on any atom is -0.310 e. The highest BCUT2D eigenvalue weighted by atomic mass is 14.9. The average Bonchev–Trinajstić information content (AvgIpc) is 2.84. The van der Waals surface area contributed by atoms with Crippen LogP contribution in [0.25, 0.3) is 0 Å². The lowest BCUT2D eigenvalue weighted by molar-refractivity contribution is 0.536. The van der Waals surface area contributed by atoms with E-state index in [-0.39, 0.29) is 0 Å². The van der Waals surface area contributed by atoms with Crippen LogP contribution in [0.2, 0.25) is 0 Å². The zero-order chi connectivity index (χ0) is 11.7. The lowest BCUT2D eigenvalue weighted by Gasteiger charge is -2.17. The number of allylic oxidation sites excluding steroid dienone is 3. The molecule has 1 saturated carbocycles. The fourth-order valence-corrected chi connectivity index (χ4v) is 3.12. The molecule has 2 aliphatic rings. The van der Waals surface area contributed by atoms with Crippen LogP contribution in [0.4, 0.5) is 0 Å². The summed E-state index contributed by atoms with van der Waals surface area (Å²) >= 11 is 0. The molecule has 0 aromatic carbocycles. The Morgan fingerprint density at radius 3 is 2.19 bits per heavy atom.